The van der Waals surface area contributed by atoms with Crippen molar-refractivity contribution >= 4 is 11.4 Å². The molecule has 0 saturated carbocycles. The minimum atomic E-state index is -0.307. The Bertz CT molecular complexity index is 1740. The lowest BCUT2D eigenvalue weighted by Crippen LogP contribution is -2.21. The van der Waals surface area contributed by atoms with Crippen LogP contribution in [0, 0.1) is 0 Å². The molecule has 0 aliphatic carbocycles. The van der Waals surface area contributed by atoms with Gasteiger partial charge in [-0.05, 0) is 70.3 Å². The molecule has 0 amide bonds. The predicted molar refractivity (Wildman–Crippen MR) is 161 cm³/mol. The highest BCUT2D eigenvalue weighted by Crippen LogP contribution is 2.37. The topological polar surface area (TPSA) is 63.1 Å². The Labute approximate surface area is 233 Å². The zero-order chi connectivity index (χ0) is 26.7. The molecule has 1 unspecified atom stereocenters. The minimum Gasteiger partial charge on any atom is -0.359 e. The molecule has 1 aliphatic rings. The van der Waals surface area contributed by atoms with E-state index in [1.165, 1.54) is 5.56 Å². The van der Waals surface area contributed by atoms with E-state index in [1.807, 2.05) is 42.7 Å². The summed E-state index contributed by atoms with van der Waals surface area (Å²) in [6, 6.07) is 39.7. The fourth-order valence-electron chi connectivity index (χ4n) is 5.14. The van der Waals surface area contributed by atoms with E-state index in [4.69, 9.17) is 4.99 Å². The van der Waals surface area contributed by atoms with Crippen molar-refractivity contribution in [1.82, 2.24) is 15.0 Å². The molecule has 7 rings (SSSR count). The molecule has 0 spiro atoms. The van der Waals surface area contributed by atoms with Crippen molar-refractivity contribution in [1.29, 1.82) is 0 Å². The van der Waals surface area contributed by atoms with Crippen molar-refractivity contribution in [3.63, 3.8) is 0 Å². The Balaban J connectivity index is 1.39. The van der Waals surface area contributed by atoms with Gasteiger partial charge in [0, 0.05) is 47.2 Å². The van der Waals surface area contributed by atoms with Crippen LogP contribution in [0.1, 0.15) is 22.9 Å². The molecule has 2 aromatic heterocycles. The number of aliphatic imine (C=N–C) groups is 1. The molecular weight excluding hydrogens is 490 g/mol. The summed E-state index contributed by atoms with van der Waals surface area (Å²) in [5.74, 6) is 0.675. The highest BCUT2D eigenvalue weighted by atomic mass is 15.1. The van der Waals surface area contributed by atoms with Crippen LogP contribution in [-0.4, -0.2) is 20.7 Å². The first-order valence-electron chi connectivity index (χ1n) is 13.2. The van der Waals surface area contributed by atoms with E-state index in [9.17, 15) is 0 Å². The number of hydrogen-bond donors (Lipinski definition) is 1. The van der Waals surface area contributed by atoms with Gasteiger partial charge in [-0.2, -0.15) is 0 Å². The van der Waals surface area contributed by atoms with Crippen molar-refractivity contribution < 1.29 is 0 Å². The van der Waals surface area contributed by atoms with Gasteiger partial charge in [-0.3, -0.25) is 9.98 Å². The highest BCUT2D eigenvalue weighted by Gasteiger charge is 2.24. The van der Waals surface area contributed by atoms with Crippen molar-refractivity contribution in [2.45, 2.75) is 6.17 Å². The standard InChI is InChI=1S/C35H25N5/c1-3-8-24(9-4-1)27-12-13-31-32(23-27)39-35(40-33(31)26-10-5-2-6-11-26)30-21-28(25-14-18-36-19-15-25)20-29(22-30)34-37-16-7-17-38-34/h1-23,35,39H. The number of hydrogen-bond acceptors (Lipinski definition) is 5. The van der Waals surface area contributed by atoms with Crippen molar-refractivity contribution in [2.75, 3.05) is 5.32 Å². The summed E-state index contributed by atoms with van der Waals surface area (Å²) in [4.78, 5) is 18.6. The molecule has 1 N–H and O–H groups in total. The third-order valence-corrected chi connectivity index (χ3v) is 7.09. The molecule has 0 bridgehead atoms. The Hall–Kier alpha value is -5.42. The number of aromatic nitrogens is 3. The molecule has 4 aromatic carbocycles. The van der Waals surface area contributed by atoms with E-state index in [1.54, 1.807) is 12.4 Å². The van der Waals surface area contributed by atoms with Crippen LogP contribution in [0.25, 0.3) is 33.6 Å². The summed E-state index contributed by atoms with van der Waals surface area (Å²) in [6.07, 6.45) is 6.86. The second-order valence-corrected chi connectivity index (χ2v) is 9.67. The third-order valence-electron chi connectivity index (χ3n) is 7.09. The second kappa shape index (κ2) is 10.4. The molecule has 3 heterocycles. The van der Waals surface area contributed by atoms with Gasteiger partial charge in [0.15, 0.2) is 5.82 Å². The number of nitrogens with one attached hydrogen (secondary N) is 1. The number of anilines is 1. The Morgan fingerprint density at radius 1 is 0.500 bits per heavy atom. The van der Waals surface area contributed by atoms with Crippen LogP contribution in [0.4, 0.5) is 5.69 Å². The number of benzene rings is 4. The number of nitrogens with zero attached hydrogens (tertiary/aromatic N) is 4. The summed E-state index contributed by atoms with van der Waals surface area (Å²) in [5, 5.41) is 3.74. The molecule has 190 valence electrons. The first-order valence-corrected chi connectivity index (χ1v) is 13.2. The van der Waals surface area contributed by atoms with E-state index in [-0.39, 0.29) is 6.17 Å². The van der Waals surface area contributed by atoms with Crippen LogP contribution in [0.3, 0.4) is 0 Å². The Morgan fingerprint density at radius 2 is 1.18 bits per heavy atom. The van der Waals surface area contributed by atoms with Crippen molar-refractivity contribution in [3.05, 3.63) is 157 Å². The average Bonchev–Trinajstić information content (AvgIpc) is 3.05. The van der Waals surface area contributed by atoms with E-state index >= 15 is 0 Å². The quantitative estimate of drug-likeness (QED) is 0.254. The fourth-order valence-corrected chi connectivity index (χ4v) is 5.14. The Kier molecular flexibility index (Phi) is 6.15. The number of fused-ring (bicyclic) bond motifs is 1. The van der Waals surface area contributed by atoms with Crippen LogP contribution < -0.4 is 5.32 Å². The van der Waals surface area contributed by atoms with Gasteiger partial charge < -0.3 is 5.32 Å². The van der Waals surface area contributed by atoms with Crippen LogP contribution in [0.2, 0.25) is 0 Å². The molecule has 5 heteroatoms. The van der Waals surface area contributed by atoms with Gasteiger partial charge in [0.2, 0.25) is 0 Å². The lowest BCUT2D eigenvalue weighted by Gasteiger charge is -2.27. The smallest absolute Gasteiger partial charge is 0.159 e. The summed E-state index contributed by atoms with van der Waals surface area (Å²) in [6.45, 7) is 0. The first-order chi connectivity index (χ1) is 19.8. The van der Waals surface area contributed by atoms with E-state index < -0.39 is 0 Å². The molecule has 0 fully saturated rings. The average molecular weight is 516 g/mol. The van der Waals surface area contributed by atoms with Gasteiger partial charge in [0.05, 0.1) is 5.71 Å². The van der Waals surface area contributed by atoms with Gasteiger partial charge in [0.25, 0.3) is 0 Å². The number of rotatable bonds is 5. The van der Waals surface area contributed by atoms with Crippen molar-refractivity contribution in [2.24, 2.45) is 4.99 Å². The SMILES string of the molecule is c1ccc(C2=NC(c3cc(-c4ccncc4)cc(-c4ncccn4)c3)Nc3cc(-c4ccccc4)ccc32)cc1. The number of pyridine rings is 1. The molecule has 5 nitrogen and oxygen atoms in total. The molecule has 1 aliphatic heterocycles. The van der Waals surface area contributed by atoms with Gasteiger partial charge in [0.1, 0.15) is 6.17 Å². The first kappa shape index (κ1) is 23.7. The second-order valence-electron chi connectivity index (χ2n) is 9.67. The summed E-state index contributed by atoms with van der Waals surface area (Å²) < 4.78 is 0. The summed E-state index contributed by atoms with van der Waals surface area (Å²) >= 11 is 0. The molecule has 0 saturated heterocycles. The van der Waals surface area contributed by atoms with E-state index in [0.29, 0.717) is 5.82 Å². The van der Waals surface area contributed by atoms with Crippen molar-refractivity contribution in [3.8, 4) is 33.6 Å². The van der Waals surface area contributed by atoms with Crippen LogP contribution >= 0.6 is 0 Å². The monoisotopic (exact) mass is 515 g/mol. The molecule has 0 radical (unpaired) electrons. The molecule has 40 heavy (non-hydrogen) atoms. The maximum absolute atomic E-state index is 5.29. The summed E-state index contributed by atoms with van der Waals surface area (Å²) in [7, 11) is 0. The van der Waals surface area contributed by atoms with Gasteiger partial charge in [-0.25, -0.2) is 9.97 Å². The van der Waals surface area contributed by atoms with Crippen LogP contribution in [0.15, 0.2) is 145 Å². The molecule has 1 atom stereocenters. The lowest BCUT2D eigenvalue weighted by atomic mass is 9.93. The summed E-state index contributed by atoms with van der Waals surface area (Å²) in [5.41, 5.74) is 10.6. The maximum atomic E-state index is 5.29. The largest absolute Gasteiger partial charge is 0.359 e. The molecular formula is C35H25N5. The normalized spacial score (nSPS) is 14.1. The fraction of sp³-hybridized carbons (Fsp3) is 0.0286. The van der Waals surface area contributed by atoms with Gasteiger partial charge in [-0.1, -0.05) is 72.8 Å². The van der Waals surface area contributed by atoms with Gasteiger partial charge >= 0.3 is 0 Å². The minimum absolute atomic E-state index is 0.307. The predicted octanol–water partition coefficient (Wildman–Crippen LogP) is 7.83. The molecule has 6 aromatic rings. The Morgan fingerprint density at radius 3 is 1.93 bits per heavy atom. The lowest BCUT2D eigenvalue weighted by molar-refractivity contribution is 0.829. The van der Waals surface area contributed by atoms with E-state index in [0.717, 1.165) is 50.3 Å². The maximum Gasteiger partial charge on any atom is 0.159 e. The van der Waals surface area contributed by atoms with E-state index in [2.05, 4.69) is 105 Å². The highest BCUT2D eigenvalue weighted by molar-refractivity contribution is 6.17. The van der Waals surface area contributed by atoms with Crippen LogP contribution in [0.5, 0.6) is 0 Å². The van der Waals surface area contributed by atoms with Crippen LogP contribution in [-0.2, 0) is 0 Å². The van der Waals surface area contributed by atoms with Gasteiger partial charge in [-0.15, -0.1) is 0 Å². The zero-order valence-corrected chi connectivity index (χ0v) is 21.6. The third kappa shape index (κ3) is 4.65. The zero-order valence-electron chi connectivity index (χ0n) is 21.6.